The molecule has 2 aromatic rings. The molecule has 43 heavy (non-hydrogen) atoms. The summed E-state index contributed by atoms with van der Waals surface area (Å²) in [7, 11) is 0. The van der Waals surface area contributed by atoms with Gasteiger partial charge in [-0.3, -0.25) is 0 Å². The lowest BCUT2D eigenvalue weighted by molar-refractivity contribution is -0.138. The van der Waals surface area contributed by atoms with Crippen molar-refractivity contribution >= 4 is 29.4 Å². The molecule has 1 unspecified atom stereocenters. The van der Waals surface area contributed by atoms with Gasteiger partial charge in [-0.15, -0.1) is 0 Å². The van der Waals surface area contributed by atoms with Gasteiger partial charge in [-0.25, -0.2) is 9.59 Å². The fourth-order valence-electron chi connectivity index (χ4n) is 5.53. The van der Waals surface area contributed by atoms with Crippen LogP contribution in [0.15, 0.2) is 48.5 Å². The Hall–Kier alpha value is -3.32. The maximum Gasteiger partial charge on any atom is 0.338 e. The summed E-state index contributed by atoms with van der Waals surface area (Å²) in [6.45, 7) is 5.45. The molecule has 0 aromatic heterocycles. The first-order chi connectivity index (χ1) is 20.9. The van der Waals surface area contributed by atoms with Gasteiger partial charge in [-0.05, 0) is 86.1 Å². The minimum Gasteiger partial charge on any atom is -0.462 e. The standard InChI is InChI=1S/C36H52N2O5/c1-3-5-7-8-9-10-22-41-33-17-19-34(20-18-33)43-36(40)28-15-12-27(13-16-28)14-21-35(39)42-26-29(11-6-4-2)30-23-31(37)25-32(38)24-30/h12-16,21,23-25,29,33-34H,3-11,17-20,22,26,37-38H2,1-2H3/b21-14+. The lowest BCUT2D eigenvalue weighted by Gasteiger charge is -2.28. The second kappa shape index (κ2) is 19.1. The van der Waals surface area contributed by atoms with Crippen LogP contribution >= 0.6 is 0 Å². The SMILES string of the molecule is CCCCCCCCOC1CCC(OC(=O)c2ccc(/C=C/C(=O)OCC(CCCC)c3cc(N)cc(N)c3)cc2)CC1. The van der Waals surface area contributed by atoms with E-state index in [4.69, 9.17) is 25.7 Å². The number of nitrogens with two attached hydrogens (primary N) is 2. The maximum absolute atomic E-state index is 12.7. The summed E-state index contributed by atoms with van der Waals surface area (Å²) in [5.41, 5.74) is 15.4. The zero-order valence-corrected chi connectivity index (χ0v) is 26.2. The molecule has 1 aliphatic rings. The third-order valence-electron chi connectivity index (χ3n) is 8.11. The minimum absolute atomic E-state index is 0.0288. The third-order valence-corrected chi connectivity index (χ3v) is 8.11. The summed E-state index contributed by atoms with van der Waals surface area (Å²) in [4.78, 5) is 25.2. The molecule has 0 bridgehead atoms. The average molecular weight is 593 g/mol. The van der Waals surface area contributed by atoms with Crippen molar-refractivity contribution in [2.45, 2.75) is 115 Å². The Morgan fingerprint density at radius 1 is 0.837 bits per heavy atom. The molecule has 236 valence electrons. The average Bonchev–Trinajstić information content (AvgIpc) is 3.00. The molecule has 7 nitrogen and oxygen atoms in total. The quantitative estimate of drug-likeness (QED) is 0.0775. The number of ether oxygens (including phenoxy) is 3. The Bertz CT molecular complexity index is 1120. The number of rotatable bonds is 18. The summed E-state index contributed by atoms with van der Waals surface area (Å²) in [6.07, 6.45) is 17.4. The van der Waals surface area contributed by atoms with Crippen molar-refractivity contribution in [1.29, 1.82) is 0 Å². The van der Waals surface area contributed by atoms with Crippen molar-refractivity contribution < 1.29 is 23.8 Å². The molecule has 3 rings (SSSR count). The van der Waals surface area contributed by atoms with E-state index in [2.05, 4.69) is 13.8 Å². The Labute approximate surface area is 258 Å². The lowest BCUT2D eigenvalue weighted by Crippen LogP contribution is -2.28. The number of carbonyl (C=O) groups excluding carboxylic acids is 2. The second-order valence-electron chi connectivity index (χ2n) is 11.8. The molecule has 0 aliphatic heterocycles. The Morgan fingerprint density at radius 3 is 2.14 bits per heavy atom. The highest BCUT2D eigenvalue weighted by Gasteiger charge is 2.25. The molecule has 0 spiro atoms. The molecular weight excluding hydrogens is 540 g/mol. The molecule has 4 N–H and O–H groups in total. The van der Waals surface area contributed by atoms with Crippen LogP contribution in [0.1, 0.15) is 125 Å². The van der Waals surface area contributed by atoms with E-state index >= 15 is 0 Å². The Morgan fingerprint density at radius 2 is 1.47 bits per heavy atom. The minimum atomic E-state index is -0.423. The topological polar surface area (TPSA) is 114 Å². The maximum atomic E-state index is 12.7. The first-order valence-corrected chi connectivity index (χ1v) is 16.3. The smallest absolute Gasteiger partial charge is 0.338 e. The van der Waals surface area contributed by atoms with E-state index in [1.165, 1.54) is 38.2 Å². The third kappa shape index (κ3) is 12.8. The zero-order valence-electron chi connectivity index (χ0n) is 26.2. The number of nitrogen functional groups attached to an aromatic ring is 2. The molecule has 0 saturated heterocycles. The van der Waals surface area contributed by atoms with E-state index in [1.54, 1.807) is 36.4 Å². The molecule has 0 amide bonds. The second-order valence-corrected chi connectivity index (χ2v) is 11.8. The van der Waals surface area contributed by atoms with E-state index in [9.17, 15) is 9.59 Å². The normalized spacial score (nSPS) is 17.5. The molecule has 1 saturated carbocycles. The fraction of sp³-hybridized carbons (Fsp3) is 0.556. The van der Waals surface area contributed by atoms with Gasteiger partial charge < -0.3 is 25.7 Å². The van der Waals surface area contributed by atoms with Crippen LogP contribution in [0.3, 0.4) is 0 Å². The van der Waals surface area contributed by atoms with Crippen molar-refractivity contribution in [1.82, 2.24) is 0 Å². The Balaban J connectivity index is 1.38. The van der Waals surface area contributed by atoms with Gasteiger partial charge >= 0.3 is 11.9 Å². The van der Waals surface area contributed by atoms with Crippen molar-refractivity contribution in [3.63, 3.8) is 0 Å². The molecule has 0 heterocycles. The van der Waals surface area contributed by atoms with Crippen LogP contribution in [0.4, 0.5) is 11.4 Å². The van der Waals surface area contributed by atoms with Crippen molar-refractivity contribution in [3.05, 3.63) is 65.2 Å². The number of benzene rings is 2. The number of hydrogen-bond donors (Lipinski definition) is 2. The summed E-state index contributed by atoms with van der Waals surface area (Å²) < 4.78 is 17.4. The summed E-state index contributed by atoms with van der Waals surface area (Å²) >= 11 is 0. The van der Waals surface area contributed by atoms with Crippen molar-refractivity contribution in [2.75, 3.05) is 24.7 Å². The van der Waals surface area contributed by atoms with E-state index in [1.807, 2.05) is 12.1 Å². The van der Waals surface area contributed by atoms with Crippen LogP contribution in [0.2, 0.25) is 0 Å². The molecule has 1 atom stereocenters. The lowest BCUT2D eigenvalue weighted by atomic mass is 9.93. The number of unbranched alkanes of at least 4 members (excludes halogenated alkanes) is 6. The van der Waals surface area contributed by atoms with Crippen LogP contribution in [-0.2, 0) is 19.0 Å². The number of anilines is 2. The predicted molar refractivity (Wildman–Crippen MR) is 175 cm³/mol. The number of esters is 2. The summed E-state index contributed by atoms with van der Waals surface area (Å²) in [6, 6.07) is 12.6. The van der Waals surface area contributed by atoms with E-state index < -0.39 is 5.97 Å². The van der Waals surface area contributed by atoms with E-state index in [-0.39, 0.29) is 30.7 Å². The summed E-state index contributed by atoms with van der Waals surface area (Å²) in [5, 5.41) is 0. The van der Waals surface area contributed by atoms with Crippen molar-refractivity contribution in [2.24, 2.45) is 0 Å². The molecule has 2 aromatic carbocycles. The van der Waals surface area contributed by atoms with Crippen LogP contribution < -0.4 is 11.5 Å². The molecule has 1 fully saturated rings. The predicted octanol–water partition coefficient (Wildman–Crippen LogP) is 8.23. The van der Waals surface area contributed by atoms with Crippen molar-refractivity contribution in [3.8, 4) is 0 Å². The van der Waals surface area contributed by atoms with Gasteiger partial charge in [0, 0.05) is 30.0 Å². The molecule has 1 aliphatic carbocycles. The number of carbonyl (C=O) groups is 2. The first kappa shape index (κ1) is 34.2. The first-order valence-electron chi connectivity index (χ1n) is 16.3. The summed E-state index contributed by atoms with van der Waals surface area (Å²) in [5.74, 6) is -0.707. The van der Waals surface area contributed by atoms with Gasteiger partial charge in [-0.1, -0.05) is 70.9 Å². The van der Waals surface area contributed by atoms with Crippen LogP contribution in [0.25, 0.3) is 6.08 Å². The van der Waals surface area contributed by atoms with Gasteiger partial charge in [0.25, 0.3) is 0 Å². The largest absolute Gasteiger partial charge is 0.462 e. The van der Waals surface area contributed by atoms with Gasteiger partial charge in [0.15, 0.2) is 0 Å². The molecule has 7 heteroatoms. The number of hydrogen-bond acceptors (Lipinski definition) is 7. The Kier molecular flexibility index (Phi) is 15.1. The highest BCUT2D eigenvalue weighted by molar-refractivity contribution is 5.90. The molecule has 0 radical (unpaired) electrons. The van der Waals surface area contributed by atoms with Gasteiger partial charge in [0.05, 0.1) is 18.3 Å². The molecular formula is C36H52N2O5. The van der Waals surface area contributed by atoms with Gasteiger partial charge in [-0.2, -0.15) is 0 Å². The van der Waals surface area contributed by atoms with Crippen LogP contribution in [-0.4, -0.2) is 37.4 Å². The van der Waals surface area contributed by atoms with Gasteiger partial charge in [0.1, 0.15) is 6.10 Å². The highest BCUT2D eigenvalue weighted by atomic mass is 16.5. The van der Waals surface area contributed by atoms with Crippen LogP contribution in [0, 0.1) is 0 Å². The van der Waals surface area contributed by atoms with Gasteiger partial charge in [0.2, 0.25) is 0 Å². The van der Waals surface area contributed by atoms with Crippen LogP contribution in [0.5, 0.6) is 0 Å². The monoisotopic (exact) mass is 592 g/mol. The highest BCUT2D eigenvalue weighted by Crippen LogP contribution is 2.27. The van der Waals surface area contributed by atoms with E-state index in [0.29, 0.717) is 16.9 Å². The zero-order chi connectivity index (χ0) is 30.9. The van der Waals surface area contributed by atoms with E-state index in [0.717, 1.165) is 69.1 Å². The fourth-order valence-corrected chi connectivity index (χ4v) is 5.53.